The summed E-state index contributed by atoms with van der Waals surface area (Å²) in [6, 6.07) is 7.86. The summed E-state index contributed by atoms with van der Waals surface area (Å²) in [5.41, 5.74) is 1.26. The number of anilines is 2. The van der Waals surface area contributed by atoms with Gasteiger partial charge in [-0.25, -0.2) is 9.78 Å². The minimum atomic E-state index is -0.399. The molecule has 3 aromatic rings. The van der Waals surface area contributed by atoms with Crippen LogP contribution in [0.3, 0.4) is 0 Å². The first kappa shape index (κ1) is 13.5. The minimum Gasteiger partial charge on any atom is -0.461 e. The summed E-state index contributed by atoms with van der Waals surface area (Å²) in [6.07, 6.45) is 3.56. The molecular weight excluding hydrogens is 286 g/mol. The standard InChI is InChI=1S/C15H13N3O2S/c1-2-20-14(19)13-9-21-15(18-13)17-12-5-3-4-10-8-16-7-6-11(10)12/h3-9H,2H2,1H3,(H,17,18). The largest absolute Gasteiger partial charge is 0.461 e. The lowest BCUT2D eigenvalue weighted by Crippen LogP contribution is -2.05. The first-order valence-electron chi connectivity index (χ1n) is 6.50. The predicted octanol–water partition coefficient (Wildman–Crippen LogP) is 3.61. The van der Waals surface area contributed by atoms with Crippen molar-refractivity contribution in [3.8, 4) is 0 Å². The van der Waals surface area contributed by atoms with E-state index in [1.165, 1.54) is 11.3 Å². The number of rotatable bonds is 4. The molecule has 106 valence electrons. The summed E-state index contributed by atoms with van der Waals surface area (Å²) >= 11 is 1.37. The van der Waals surface area contributed by atoms with Crippen molar-refractivity contribution >= 4 is 38.9 Å². The van der Waals surface area contributed by atoms with Crippen LogP contribution in [0.2, 0.25) is 0 Å². The van der Waals surface area contributed by atoms with Crippen LogP contribution < -0.4 is 5.32 Å². The van der Waals surface area contributed by atoms with Crippen molar-refractivity contribution in [2.75, 3.05) is 11.9 Å². The van der Waals surface area contributed by atoms with Gasteiger partial charge in [-0.05, 0) is 19.1 Å². The highest BCUT2D eigenvalue weighted by molar-refractivity contribution is 7.14. The molecule has 0 radical (unpaired) electrons. The highest BCUT2D eigenvalue weighted by Crippen LogP contribution is 2.27. The lowest BCUT2D eigenvalue weighted by atomic mass is 10.1. The molecule has 0 saturated heterocycles. The van der Waals surface area contributed by atoms with Crippen molar-refractivity contribution in [3.63, 3.8) is 0 Å². The maximum Gasteiger partial charge on any atom is 0.357 e. The van der Waals surface area contributed by atoms with Gasteiger partial charge in [0.25, 0.3) is 0 Å². The molecule has 5 nitrogen and oxygen atoms in total. The highest BCUT2D eigenvalue weighted by atomic mass is 32.1. The van der Waals surface area contributed by atoms with Gasteiger partial charge < -0.3 is 10.1 Å². The van der Waals surface area contributed by atoms with E-state index < -0.39 is 5.97 Å². The first-order chi connectivity index (χ1) is 10.3. The fraction of sp³-hybridized carbons (Fsp3) is 0.133. The zero-order chi connectivity index (χ0) is 14.7. The van der Waals surface area contributed by atoms with Crippen molar-refractivity contribution in [2.24, 2.45) is 0 Å². The second kappa shape index (κ2) is 5.88. The predicted molar refractivity (Wildman–Crippen MR) is 83.1 cm³/mol. The van der Waals surface area contributed by atoms with Crippen molar-refractivity contribution in [1.29, 1.82) is 0 Å². The maximum absolute atomic E-state index is 11.6. The third kappa shape index (κ3) is 2.85. The van der Waals surface area contributed by atoms with Crippen LogP contribution in [0.15, 0.2) is 42.0 Å². The Labute approximate surface area is 125 Å². The average Bonchev–Trinajstić information content (AvgIpc) is 2.97. The fourth-order valence-corrected chi connectivity index (χ4v) is 2.67. The lowest BCUT2D eigenvalue weighted by molar-refractivity contribution is 0.0520. The van der Waals surface area contributed by atoms with Crippen LogP contribution in [-0.4, -0.2) is 22.5 Å². The number of esters is 1. The van der Waals surface area contributed by atoms with Crippen LogP contribution >= 0.6 is 11.3 Å². The van der Waals surface area contributed by atoms with Crippen molar-refractivity contribution < 1.29 is 9.53 Å². The molecule has 0 unspecified atom stereocenters. The Balaban J connectivity index is 1.87. The molecule has 0 aliphatic rings. The van der Waals surface area contributed by atoms with Crippen LogP contribution in [0, 0.1) is 0 Å². The SMILES string of the molecule is CCOC(=O)c1csc(Nc2cccc3cnccc23)n1. The van der Waals surface area contributed by atoms with E-state index in [2.05, 4.69) is 15.3 Å². The van der Waals surface area contributed by atoms with Gasteiger partial charge in [0.1, 0.15) is 0 Å². The van der Waals surface area contributed by atoms with E-state index in [-0.39, 0.29) is 0 Å². The number of hydrogen-bond acceptors (Lipinski definition) is 6. The molecular formula is C15H13N3O2S. The highest BCUT2D eigenvalue weighted by Gasteiger charge is 2.12. The Morgan fingerprint density at radius 2 is 2.29 bits per heavy atom. The molecule has 3 rings (SSSR count). The van der Waals surface area contributed by atoms with Gasteiger partial charge in [0, 0.05) is 34.2 Å². The molecule has 6 heteroatoms. The Hall–Kier alpha value is -2.47. The van der Waals surface area contributed by atoms with E-state index in [1.54, 1.807) is 18.5 Å². The Kier molecular flexibility index (Phi) is 3.79. The molecule has 0 amide bonds. The topological polar surface area (TPSA) is 64.1 Å². The molecule has 0 bridgehead atoms. The molecule has 21 heavy (non-hydrogen) atoms. The zero-order valence-corrected chi connectivity index (χ0v) is 12.2. The molecule has 0 aliphatic carbocycles. The van der Waals surface area contributed by atoms with E-state index in [1.807, 2.05) is 30.5 Å². The quantitative estimate of drug-likeness (QED) is 0.746. The zero-order valence-electron chi connectivity index (χ0n) is 11.4. The van der Waals surface area contributed by atoms with E-state index in [0.29, 0.717) is 17.4 Å². The van der Waals surface area contributed by atoms with Gasteiger partial charge in [0.05, 0.1) is 6.61 Å². The molecule has 0 aliphatic heterocycles. The van der Waals surface area contributed by atoms with Crippen molar-refractivity contribution in [1.82, 2.24) is 9.97 Å². The number of thiazole rings is 1. The average molecular weight is 299 g/mol. The van der Waals surface area contributed by atoms with Gasteiger partial charge in [-0.1, -0.05) is 12.1 Å². The first-order valence-corrected chi connectivity index (χ1v) is 7.38. The van der Waals surface area contributed by atoms with Crippen LogP contribution in [-0.2, 0) is 4.74 Å². The number of ether oxygens (including phenoxy) is 1. The summed E-state index contributed by atoms with van der Waals surface area (Å²) in [5, 5.41) is 7.68. The van der Waals surface area contributed by atoms with Crippen molar-refractivity contribution in [2.45, 2.75) is 6.92 Å². The van der Waals surface area contributed by atoms with E-state index >= 15 is 0 Å². The summed E-state index contributed by atoms with van der Waals surface area (Å²) in [5.74, 6) is -0.399. The van der Waals surface area contributed by atoms with Gasteiger partial charge >= 0.3 is 5.97 Å². The smallest absolute Gasteiger partial charge is 0.357 e. The second-order valence-corrected chi connectivity index (χ2v) is 5.14. The number of fused-ring (bicyclic) bond motifs is 1. The summed E-state index contributed by atoms with van der Waals surface area (Å²) in [4.78, 5) is 20.0. The molecule has 0 spiro atoms. The third-order valence-electron chi connectivity index (χ3n) is 2.91. The van der Waals surface area contributed by atoms with E-state index in [9.17, 15) is 4.79 Å². The van der Waals surface area contributed by atoms with Crippen LogP contribution in [0.4, 0.5) is 10.8 Å². The van der Waals surface area contributed by atoms with Crippen LogP contribution in [0.1, 0.15) is 17.4 Å². The molecule has 2 aromatic heterocycles. The molecule has 1 aromatic carbocycles. The monoisotopic (exact) mass is 299 g/mol. The number of pyridine rings is 1. The minimum absolute atomic E-state index is 0.325. The summed E-state index contributed by atoms with van der Waals surface area (Å²) < 4.78 is 4.93. The fourth-order valence-electron chi connectivity index (χ4n) is 1.98. The van der Waals surface area contributed by atoms with Gasteiger partial charge in [-0.3, -0.25) is 4.98 Å². The molecule has 2 heterocycles. The lowest BCUT2D eigenvalue weighted by Gasteiger charge is -2.06. The number of aromatic nitrogens is 2. The second-order valence-electron chi connectivity index (χ2n) is 4.29. The number of nitrogens with zero attached hydrogens (tertiary/aromatic N) is 2. The number of carbonyl (C=O) groups is 1. The molecule has 0 saturated carbocycles. The van der Waals surface area contributed by atoms with Crippen LogP contribution in [0.25, 0.3) is 10.8 Å². The molecule has 1 N–H and O–H groups in total. The Morgan fingerprint density at radius 3 is 3.14 bits per heavy atom. The van der Waals surface area contributed by atoms with Gasteiger partial charge in [0.15, 0.2) is 10.8 Å². The third-order valence-corrected chi connectivity index (χ3v) is 3.67. The number of nitrogens with one attached hydrogen (secondary N) is 1. The normalized spacial score (nSPS) is 10.5. The van der Waals surface area contributed by atoms with E-state index in [4.69, 9.17) is 4.74 Å². The molecule has 0 atom stereocenters. The van der Waals surface area contributed by atoms with Gasteiger partial charge in [-0.15, -0.1) is 11.3 Å². The Morgan fingerprint density at radius 1 is 1.38 bits per heavy atom. The van der Waals surface area contributed by atoms with Gasteiger partial charge in [0.2, 0.25) is 0 Å². The number of carbonyl (C=O) groups excluding carboxylic acids is 1. The van der Waals surface area contributed by atoms with Crippen LogP contribution in [0.5, 0.6) is 0 Å². The maximum atomic E-state index is 11.6. The summed E-state index contributed by atoms with van der Waals surface area (Å²) in [6.45, 7) is 2.11. The molecule has 0 fully saturated rings. The van der Waals surface area contributed by atoms with Crippen molar-refractivity contribution in [3.05, 3.63) is 47.7 Å². The number of benzene rings is 1. The van der Waals surface area contributed by atoms with E-state index in [0.717, 1.165) is 16.5 Å². The Bertz CT molecular complexity index is 780. The summed E-state index contributed by atoms with van der Waals surface area (Å²) in [7, 11) is 0. The number of hydrogen-bond donors (Lipinski definition) is 1. The van der Waals surface area contributed by atoms with Gasteiger partial charge in [-0.2, -0.15) is 0 Å².